The molecule has 0 aliphatic carbocycles. The van der Waals surface area contributed by atoms with Crippen LogP contribution in [0.1, 0.15) is 42.4 Å². The van der Waals surface area contributed by atoms with Gasteiger partial charge in [0.25, 0.3) is 0 Å². The third-order valence-electron chi connectivity index (χ3n) is 7.33. The standard InChI is InChI=1S/C31H37N3O4/c32-20-10-17-28(33-30(36)38-23-24-11-4-1-5-12-24)29(35)34-21-18-27(19-22-34)31(37,25-13-6-2-7-14-25)26-15-8-3-9-16-26/h1-9,11-16,27-28,37H,10,17-23,32H2,(H,33,36). The molecule has 3 aromatic carbocycles. The molecule has 4 rings (SSSR count). The Bertz CT molecular complexity index is 1110. The van der Waals surface area contributed by atoms with Gasteiger partial charge in [0.2, 0.25) is 5.91 Å². The lowest BCUT2D eigenvalue weighted by molar-refractivity contribution is -0.136. The van der Waals surface area contributed by atoms with Gasteiger partial charge in [-0.3, -0.25) is 4.79 Å². The number of hydrogen-bond acceptors (Lipinski definition) is 5. The second-order valence-corrected chi connectivity index (χ2v) is 9.79. The number of piperidine rings is 1. The zero-order chi connectivity index (χ0) is 26.8. The maximum absolute atomic E-state index is 13.5. The molecule has 3 aromatic rings. The van der Waals surface area contributed by atoms with Gasteiger partial charge in [-0.1, -0.05) is 91.0 Å². The summed E-state index contributed by atoms with van der Waals surface area (Å²) in [4.78, 5) is 27.8. The summed E-state index contributed by atoms with van der Waals surface area (Å²) >= 11 is 0. The van der Waals surface area contributed by atoms with Crippen LogP contribution >= 0.6 is 0 Å². The van der Waals surface area contributed by atoms with E-state index in [4.69, 9.17) is 10.5 Å². The summed E-state index contributed by atoms with van der Waals surface area (Å²) in [5, 5.41) is 14.9. The molecule has 1 fully saturated rings. The summed E-state index contributed by atoms with van der Waals surface area (Å²) in [7, 11) is 0. The molecule has 38 heavy (non-hydrogen) atoms. The van der Waals surface area contributed by atoms with Crippen LogP contribution in [0.15, 0.2) is 91.0 Å². The predicted octanol–water partition coefficient (Wildman–Crippen LogP) is 4.20. The van der Waals surface area contributed by atoms with Crippen molar-refractivity contribution in [2.75, 3.05) is 19.6 Å². The molecule has 2 amide bonds. The molecule has 0 spiro atoms. The number of benzene rings is 3. The maximum Gasteiger partial charge on any atom is 0.408 e. The number of amides is 2. The van der Waals surface area contributed by atoms with Crippen LogP contribution in [0.5, 0.6) is 0 Å². The van der Waals surface area contributed by atoms with Crippen LogP contribution in [0.3, 0.4) is 0 Å². The second-order valence-electron chi connectivity index (χ2n) is 9.79. The van der Waals surface area contributed by atoms with E-state index in [1.165, 1.54) is 0 Å². The van der Waals surface area contributed by atoms with Crippen molar-refractivity contribution in [3.8, 4) is 0 Å². The number of ether oxygens (including phenoxy) is 1. The van der Waals surface area contributed by atoms with Crippen LogP contribution in [-0.2, 0) is 21.7 Å². The summed E-state index contributed by atoms with van der Waals surface area (Å²) in [5.41, 5.74) is 7.11. The molecule has 1 unspecified atom stereocenters. The SMILES string of the molecule is NCCCC(NC(=O)OCc1ccccc1)C(=O)N1CCC(C(O)(c2ccccc2)c2ccccc2)CC1. The molecule has 0 radical (unpaired) electrons. The lowest BCUT2D eigenvalue weighted by Gasteiger charge is -2.43. The number of nitrogens with two attached hydrogens (primary N) is 1. The van der Waals surface area contributed by atoms with Gasteiger partial charge in [-0.2, -0.15) is 0 Å². The molecule has 4 N–H and O–H groups in total. The molecule has 7 nitrogen and oxygen atoms in total. The quantitative estimate of drug-likeness (QED) is 0.376. The average molecular weight is 516 g/mol. The molecule has 0 aromatic heterocycles. The highest BCUT2D eigenvalue weighted by atomic mass is 16.5. The van der Waals surface area contributed by atoms with E-state index in [1.807, 2.05) is 91.0 Å². The van der Waals surface area contributed by atoms with E-state index >= 15 is 0 Å². The molecule has 1 atom stereocenters. The van der Waals surface area contributed by atoms with E-state index in [0.29, 0.717) is 45.3 Å². The van der Waals surface area contributed by atoms with E-state index in [1.54, 1.807) is 4.90 Å². The van der Waals surface area contributed by atoms with E-state index in [-0.39, 0.29) is 18.4 Å². The largest absolute Gasteiger partial charge is 0.445 e. The number of hydrogen-bond donors (Lipinski definition) is 3. The number of rotatable bonds is 10. The summed E-state index contributed by atoms with van der Waals surface area (Å²) in [5.74, 6) is -0.209. The fourth-order valence-electron chi connectivity index (χ4n) is 5.25. The fourth-order valence-corrected chi connectivity index (χ4v) is 5.25. The maximum atomic E-state index is 13.5. The molecule has 1 saturated heterocycles. The van der Waals surface area contributed by atoms with Gasteiger partial charge in [-0.05, 0) is 54.8 Å². The highest BCUT2D eigenvalue weighted by molar-refractivity contribution is 5.85. The van der Waals surface area contributed by atoms with Crippen LogP contribution < -0.4 is 11.1 Å². The number of carbonyl (C=O) groups excluding carboxylic acids is 2. The highest BCUT2D eigenvalue weighted by Gasteiger charge is 2.42. The second kappa shape index (κ2) is 13.2. The van der Waals surface area contributed by atoms with E-state index in [2.05, 4.69) is 5.32 Å². The van der Waals surface area contributed by atoms with Crippen molar-refractivity contribution in [3.05, 3.63) is 108 Å². The van der Waals surface area contributed by atoms with Crippen LogP contribution in [0, 0.1) is 5.92 Å². The first kappa shape index (κ1) is 27.4. The van der Waals surface area contributed by atoms with Gasteiger partial charge in [0.1, 0.15) is 18.2 Å². The molecule has 200 valence electrons. The van der Waals surface area contributed by atoms with Crippen molar-refractivity contribution in [1.82, 2.24) is 10.2 Å². The Hall–Kier alpha value is -3.68. The number of nitrogens with one attached hydrogen (secondary N) is 1. The predicted molar refractivity (Wildman–Crippen MR) is 147 cm³/mol. The minimum atomic E-state index is -1.16. The van der Waals surface area contributed by atoms with E-state index < -0.39 is 17.7 Å². The number of likely N-dealkylation sites (tertiary alicyclic amines) is 1. The molecular weight excluding hydrogens is 478 g/mol. The van der Waals surface area contributed by atoms with Gasteiger partial charge in [-0.25, -0.2) is 4.79 Å². The van der Waals surface area contributed by atoms with Gasteiger partial charge in [0.05, 0.1) is 0 Å². The zero-order valence-corrected chi connectivity index (χ0v) is 21.7. The number of nitrogens with zero attached hydrogens (tertiary/aromatic N) is 1. The Labute approximate surface area is 224 Å². The third kappa shape index (κ3) is 6.60. The summed E-state index contributed by atoms with van der Waals surface area (Å²) < 4.78 is 5.35. The molecular formula is C31H37N3O4. The number of aliphatic hydroxyl groups is 1. The molecule has 0 saturated carbocycles. The van der Waals surface area contributed by atoms with E-state index in [0.717, 1.165) is 16.7 Å². The Morgan fingerprint density at radius 2 is 1.45 bits per heavy atom. The Morgan fingerprint density at radius 3 is 1.97 bits per heavy atom. The minimum Gasteiger partial charge on any atom is -0.445 e. The zero-order valence-electron chi connectivity index (χ0n) is 21.7. The van der Waals surface area contributed by atoms with Gasteiger partial charge >= 0.3 is 6.09 Å². The first-order chi connectivity index (χ1) is 18.5. The fraction of sp³-hybridized carbons (Fsp3) is 0.355. The Kier molecular flexibility index (Phi) is 9.51. The normalized spacial score (nSPS) is 15.1. The third-order valence-corrected chi connectivity index (χ3v) is 7.33. The lowest BCUT2D eigenvalue weighted by Crippen LogP contribution is -2.52. The van der Waals surface area contributed by atoms with Gasteiger partial charge in [-0.15, -0.1) is 0 Å². The van der Waals surface area contributed by atoms with Crippen LogP contribution in [-0.4, -0.2) is 47.7 Å². The molecule has 0 bridgehead atoms. The van der Waals surface area contributed by atoms with Gasteiger partial charge in [0.15, 0.2) is 0 Å². The van der Waals surface area contributed by atoms with Crippen molar-refractivity contribution < 1.29 is 19.4 Å². The Morgan fingerprint density at radius 1 is 0.921 bits per heavy atom. The van der Waals surface area contributed by atoms with Crippen molar-refractivity contribution in [3.63, 3.8) is 0 Å². The molecule has 1 aliphatic rings. The minimum absolute atomic E-state index is 0.0670. The first-order valence-corrected chi connectivity index (χ1v) is 13.3. The van der Waals surface area contributed by atoms with Crippen LogP contribution in [0.25, 0.3) is 0 Å². The smallest absolute Gasteiger partial charge is 0.408 e. The molecule has 7 heteroatoms. The van der Waals surface area contributed by atoms with Crippen LogP contribution in [0.4, 0.5) is 4.79 Å². The topological polar surface area (TPSA) is 105 Å². The van der Waals surface area contributed by atoms with Crippen molar-refractivity contribution in [2.45, 2.75) is 43.9 Å². The van der Waals surface area contributed by atoms with Crippen molar-refractivity contribution in [1.29, 1.82) is 0 Å². The molecule has 1 aliphatic heterocycles. The Balaban J connectivity index is 1.41. The van der Waals surface area contributed by atoms with Crippen molar-refractivity contribution in [2.24, 2.45) is 11.7 Å². The number of alkyl carbamates (subject to hydrolysis) is 1. The summed E-state index contributed by atoms with van der Waals surface area (Å²) in [6, 6.07) is 28.2. The highest BCUT2D eigenvalue weighted by Crippen LogP contribution is 2.42. The molecule has 1 heterocycles. The van der Waals surface area contributed by atoms with Gasteiger partial charge in [0, 0.05) is 13.1 Å². The van der Waals surface area contributed by atoms with Gasteiger partial charge < -0.3 is 25.8 Å². The average Bonchev–Trinajstić information content (AvgIpc) is 2.99. The van der Waals surface area contributed by atoms with Crippen LogP contribution in [0.2, 0.25) is 0 Å². The summed E-state index contributed by atoms with van der Waals surface area (Å²) in [6.07, 6.45) is 1.69. The summed E-state index contributed by atoms with van der Waals surface area (Å²) in [6.45, 7) is 1.54. The van der Waals surface area contributed by atoms with Crippen molar-refractivity contribution >= 4 is 12.0 Å². The van der Waals surface area contributed by atoms with E-state index in [9.17, 15) is 14.7 Å². The number of carbonyl (C=O) groups is 2. The monoisotopic (exact) mass is 515 g/mol. The lowest BCUT2D eigenvalue weighted by atomic mass is 9.72. The first-order valence-electron chi connectivity index (χ1n) is 13.3.